The SMILES string of the molecule is CCc1cccnc1-c1nc(N)c(Br)c(C(C)C)n1. The van der Waals surface area contributed by atoms with E-state index in [2.05, 4.69) is 51.7 Å². The van der Waals surface area contributed by atoms with Crippen molar-refractivity contribution in [1.82, 2.24) is 15.0 Å². The average Bonchev–Trinajstić information content (AvgIpc) is 2.41. The highest BCUT2D eigenvalue weighted by molar-refractivity contribution is 9.10. The number of hydrogen-bond acceptors (Lipinski definition) is 4. The molecule has 19 heavy (non-hydrogen) atoms. The molecule has 5 heteroatoms. The van der Waals surface area contributed by atoms with E-state index in [4.69, 9.17) is 5.73 Å². The van der Waals surface area contributed by atoms with E-state index in [-0.39, 0.29) is 5.92 Å². The number of nitrogens with two attached hydrogens (primary N) is 1. The van der Waals surface area contributed by atoms with Crippen LogP contribution >= 0.6 is 15.9 Å². The predicted octanol–water partition coefficient (Wildman–Crippen LogP) is 3.57. The molecular weight excluding hydrogens is 304 g/mol. The molecule has 100 valence electrons. The summed E-state index contributed by atoms with van der Waals surface area (Å²) >= 11 is 3.45. The fraction of sp³-hybridized carbons (Fsp3) is 0.357. The summed E-state index contributed by atoms with van der Waals surface area (Å²) in [5.74, 6) is 1.33. The molecule has 0 spiro atoms. The first-order chi connectivity index (χ1) is 9.04. The Hall–Kier alpha value is -1.49. The monoisotopic (exact) mass is 320 g/mol. The Bertz CT molecular complexity index is 596. The number of nitrogen functional groups attached to an aromatic ring is 1. The number of aryl methyl sites for hydroxylation is 1. The quantitative estimate of drug-likeness (QED) is 0.938. The van der Waals surface area contributed by atoms with E-state index in [9.17, 15) is 0 Å². The van der Waals surface area contributed by atoms with E-state index in [0.717, 1.165) is 27.8 Å². The van der Waals surface area contributed by atoms with Gasteiger partial charge in [0.1, 0.15) is 11.5 Å². The fourth-order valence-corrected chi connectivity index (χ4v) is 2.53. The molecule has 2 aromatic heterocycles. The van der Waals surface area contributed by atoms with Crippen molar-refractivity contribution < 1.29 is 0 Å². The van der Waals surface area contributed by atoms with Crippen LogP contribution in [0.15, 0.2) is 22.8 Å². The van der Waals surface area contributed by atoms with Gasteiger partial charge in [0, 0.05) is 6.20 Å². The zero-order valence-electron chi connectivity index (χ0n) is 11.3. The van der Waals surface area contributed by atoms with Crippen molar-refractivity contribution >= 4 is 21.7 Å². The summed E-state index contributed by atoms with van der Waals surface area (Å²) in [6, 6.07) is 3.97. The Morgan fingerprint density at radius 3 is 2.68 bits per heavy atom. The van der Waals surface area contributed by atoms with Gasteiger partial charge in [0.15, 0.2) is 5.82 Å². The van der Waals surface area contributed by atoms with Crippen LogP contribution < -0.4 is 5.73 Å². The number of anilines is 1. The Morgan fingerprint density at radius 2 is 2.05 bits per heavy atom. The van der Waals surface area contributed by atoms with Gasteiger partial charge in [-0.2, -0.15) is 0 Å². The highest BCUT2D eigenvalue weighted by Crippen LogP contribution is 2.30. The Labute approximate surface area is 121 Å². The molecule has 4 nitrogen and oxygen atoms in total. The zero-order chi connectivity index (χ0) is 14.0. The highest BCUT2D eigenvalue weighted by Gasteiger charge is 2.16. The summed E-state index contributed by atoms with van der Waals surface area (Å²) in [5, 5.41) is 0. The smallest absolute Gasteiger partial charge is 0.180 e. The molecule has 0 radical (unpaired) electrons. The lowest BCUT2D eigenvalue weighted by Gasteiger charge is -2.12. The van der Waals surface area contributed by atoms with Gasteiger partial charge in [0.05, 0.1) is 10.2 Å². The maximum atomic E-state index is 5.96. The van der Waals surface area contributed by atoms with Crippen molar-refractivity contribution in [3.05, 3.63) is 34.1 Å². The first-order valence-corrected chi connectivity index (χ1v) is 7.11. The van der Waals surface area contributed by atoms with Gasteiger partial charge >= 0.3 is 0 Å². The van der Waals surface area contributed by atoms with Crippen LogP contribution in [0.2, 0.25) is 0 Å². The second kappa shape index (κ2) is 5.65. The first kappa shape index (κ1) is 13.9. The van der Waals surface area contributed by atoms with Crippen LogP contribution in [0.1, 0.15) is 37.9 Å². The number of hydrogen-bond donors (Lipinski definition) is 1. The van der Waals surface area contributed by atoms with E-state index < -0.39 is 0 Å². The minimum absolute atomic E-state index is 0.271. The van der Waals surface area contributed by atoms with Crippen LogP contribution in [0.25, 0.3) is 11.5 Å². The van der Waals surface area contributed by atoms with Crippen LogP contribution in [-0.4, -0.2) is 15.0 Å². The third-order valence-electron chi connectivity index (χ3n) is 2.93. The van der Waals surface area contributed by atoms with Crippen LogP contribution in [0.5, 0.6) is 0 Å². The molecule has 2 rings (SSSR count). The van der Waals surface area contributed by atoms with Gasteiger partial charge in [-0.15, -0.1) is 0 Å². The summed E-state index contributed by atoms with van der Waals surface area (Å²) in [7, 11) is 0. The van der Waals surface area contributed by atoms with Crippen LogP contribution in [0, 0.1) is 0 Å². The first-order valence-electron chi connectivity index (χ1n) is 6.31. The zero-order valence-corrected chi connectivity index (χ0v) is 12.9. The number of aromatic nitrogens is 3. The van der Waals surface area contributed by atoms with Crippen molar-refractivity contribution in [2.45, 2.75) is 33.1 Å². The Kier molecular flexibility index (Phi) is 4.14. The van der Waals surface area contributed by atoms with Crippen molar-refractivity contribution in [3.63, 3.8) is 0 Å². The van der Waals surface area contributed by atoms with Gasteiger partial charge in [0.25, 0.3) is 0 Å². The van der Waals surface area contributed by atoms with Crippen LogP contribution in [-0.2, 0) is 6.42 Å². The molecule has 2 N–H and O–H groups in total. The molecule has 0 unspecified atom stereocenters. The molecule has 2 aromatic rings. The number of rotatable bonds is 3. The maximum absolute atomic E-state index is 5.96. The molecule has 0 fully saturated rings. The van der Waals surface area contributed by atoms with Crippen molar-refractivity contribution in [1.29, 1.82) is 0 Å². The lowest BCUT2D eigenvalue weighted by atomic mass is 10.1. The van der Waals surface area contributed by atoms with Gasteiger partial charge in [-0.05, 0) is 39.9 Å². The predicted molar refractivity (Wildman–Crippen MR) is 80.8 cm³/mol. The number of halogens is 1. The molecule has 0 saturated heterocycles. The van der Waals surface area contributed by atoms with Gasteiger partial charge in [-0.1, -0.05) is 26.8 Å². The van der Waals surface area contributed by atoms with Gasteiger partial charge in [-0.3, -0.25) is 4.98 Å². The molecular formula is C14H17BrN4. The van der Waals surface area contributed by atoms with E-state index in [1.54, 1.807) is 6.20 Å². The summed E-state index contributed by atoms with van der Waals surface area (Å²) < 4.78 is 0.778. The van der Waals surface area contributed by atoms with Crippen molar-refractivity contribution in [3.8, 4) is 11.5 Å². The highest BCUT2D eigenvalue weighted by atomic mass is 79.9. The summed E-state index contributed by atoms with van der Waals surface area (Å²) in [6.07, 6.45) is 2.64. The van der Waals surface area contributed by atoms with E-state index in [1.807, 2.05) is 12.1 Å². The van der Waals surface area contributed by atoms with Gasteiger partial charge in [-0.25, -0.2) is 9.97 Å². The molecule has 0 aliphatic rings. The second-order valence-electron chi connectivity index (χ2n) is 4.65. The molecule has 0 aliphatic heterocycles. The third kappa shape index (κ3) is 2.76. The fourth-order valence-electron chi connectivity index (χ4n) is 1.90. The molecule has 0 saturated carbocycles. The van der Waals surface area contributed by atoms with Crippen LogP contribution in [0.4, 0.5) is 5.82 Å². The second-order valence-corrected chi connectivity index (χ2v) is 5.44. The number of nitrogens with zero attached hydrogens (tertiary/aromatic N) is 3. The average molecular weight is 321 g/mol. The molecule has 2 heterocycles. The maximum Gasteiger partial charge on any atom is 0.180 e. The summed E-state index contributed by atoms with van der Waals surface area (Å²) in [4.78, 5) is 13.4. The molecule has 0 amide bonds. The Morgan fingerprint density at radius 1 is 1.32 bits per heavy atom. The molecule has 0 aromatic carbocycles. The van der Waals surface area contributed by atoms with E-state index in [1.165, 1.54) is 0 Å². The van der Waals surface area contributed by atoms with Crippen molar-refractivity contribution in [2.75, 3.05) is 5.73 Å². The van der Waals surface area contributed by atoms with Crippen LogP contribution in [0.3, 0.4) is 0 Å². The molecule has 0 atom stereocenters. The normalized spacial score (nSPS) is 11.0. The third-order valence-corrected chi connectivity index (χ3v) is 3.75. The standard InChI is InChI=1S/C14H17BrN4/c1-4-9-6-5-7-17-12(9)14-18-11(8(2)3)10(15)13(16)19-14/h5-8H,4H2,1-3H3,(H2,16,18,19). The molecule has 0 aliphatic carbocycles. The summed E-state index contributed by atoms with van der Waals surface area (Å²) in [6.45, 7) is 6.25. The Balaban J connectivity index is 2.63. The largest absolute Gasteiger partial charge is 0.383 e. The topological polar surface area (TPSA) is 64.7 Å². The minimum Gasteiger partial charge on any atom is -0.383 e. The van der Waals surface area contributed by atoms with Gasteiger partial charge in [0.2, 0.25) is 0 Å². The number of pyridine rings is 1. The summed E-state index contributed by atoms with van der Waals surface area (Å²) in [5.41, 5.74) is 8.81. The lowest BCUT2D eigenvalue weighted by molar-refractivity contribution is 0.809. The van der Waals surface area contributed by atoms with Crippen molar-refractivity contribution in [2.24, 2.45) is 0 Å². The van der Waals surface area contributed by atoms with E-state index in [0.29, 0.717) is 11.6 Å². The van der Waals surface area contributed by atoms with Gasteiger partial charge < -0.3 is 5.73 Å². The molecule has 0 bridgehead atoms. The van der Waals surface area contributed by atoms with E-state index >= 15 is 0 Å². The minimum atomic E-state index is 0.271. The lowest BCUT2D eigenvalue weighted by Crippen LogP contribution is -2.06.